The first-order chi connectivity index (χ1) is 8.50. The molecule has 0 atom stereocenters. The minimum Gasteiger partial charge on any atom is -0.282 e. The Kier molecular flexibility index (Phi) is 2.76. The van der Waals surface area contributed by atoms with Crippen LogP contribution in [0.3, 0.4) is 0 Å². The van der Waals surface area contributed by atoms with Crippen molar-refractivity contribution >= 4 is 11.4 Å². The first-order valence-electron chi connectivity index (χ1n) is 4.94. The van der Waals surface area contributed by atoms with Gasteiger partial charge in [-0.1, -0.05) is 0 Å². The fourth-order valence-electron chi connectivity index (χ4n) is 1.63. The van der Waals surface area contributed by atoms with Crippen molar-refractivity contribution in [3.63, 3.8) is 0 Å². The van der Waals surface area contributed by atoms with Crippen LogP contribution in [-0.2, 0) is 0 Å². The van der Waals surface area contributed by atoms with Crippen LogP contribution in [0.1, 0.15) is 5.69 Å². The maximum absolute atomic E-state index is 11.0. The van der Waals surface area contributed by atoms with Crippen LogP contribution < -0.4 is 0 Å². The van der Waals surface area contributed by atoms with Crippen molar-refractivity contribution in [1.82, 2.24) is 10.2 Å². The summed E-state index contributed by atoms with van der Waals surface area (Å²) in [4.78, 5) is 20.2. The van der Waals surface area contributed by atoms with E-state index in [1.165, 1.54) is 18.3 Å². The number of nitro groups is 2. The van der Waals surface area contributed by atoms with Gasteiger partial charge in [-0.15, -0.1) is 0 Å². The van der Waals surface area contributed by atoms with Crippen molar-refractivity contribution in [3.05, 3.63) is 50.3 Å². The Hall–Kier alpha value is -2.77. The summed E-state index contributed by atoms with van der Waals surface area (Å²) in [5.41, 5.74) is 0.890. The molecule has 1 heterocycles. The second-order valence-corrected chi connectivity index (χ2v) is 3.62. The number of aromatic nitrogens is 2. The van der Waals surface area contributed by atoms with Gasteiger partial charge in [-0.05, 0) is 13.0 Å². The smallest absolute Gasteiger partial charge is 0.282 e. The van der Waals surface area contributed by atoms with Gasteiger partial charge in [0.1, 0.15) is 0 Å². The average molecular weight is 248 g/mol. The van der Waals surface area contributed by atoms with Crippen LogP contribution in [0.2, 0.25) is 0 Å². The van der Waals surface area contributed by atoms with E-state index in [2.05, 4.69) is 10.2 Å². The first kappa shape index (κ1) is 11.7. The molecule has 0 bridgehead atoms. The van der Waals surface area contributed by atoms with Crippen molar-refractivity contribution in [3.8, 4) is 11.1 Å². The van der Waals surface area contributed by atoms with E-state index in [-0.39, 0.29) is 11.4 Å². The second kappa shape index (κ2) is 4.24. The average Bonchev–Trinajstić information content (AvgIpc) is 2.74. The number of non-ortho nitro benzene ring substituents is 1. The molecular formula is C10H8N4O4. The lowest BCUT2D eigenvalue weighted by Gasteiger charge is -2.01. The van der Waals surface area contributed by atoms with Crippen molar-refractivity contribution in [2.75, 3.05) is 0 Å². The molecule has 1 aromatic carbocycles. The Morgan fingerprint density at radius 1 is 1.17 bits per heavy atom. The number of aryl methyl sites for hydroxylation is 1. The van der Waals surface area contributed by atoms with Gasteiger partial charge >= 0.3 is 0 Å². The zero-order chi connectivity index (χ0) is 13.3. The minimum absolute atomic E-state index is 0.303. The Bertz CT molecular complexity index is 635. The van der Waals surface area contributed by atoms with Gasteiger partial charge in [0.15, 0.2) is 0 Å². The van der Waals surface area contributed by atoms with Gasteiger partial charge in [-0.25, -0.2) is 0 Å². The number of H-pyrrole nitrogens is 1. The van der Waals surface area contributed by atoms with Gasteiger partial charge in [0, 0.05) is 17.3 Å². The van der Waals surface area contributed by atoms with E-state index in [9.17, 15) is 20.2 Å². The van der Waals surface area contributed by atoms with E-state index in [0.29, 0.717) is 16.8 Å². The third-order valence-electron chi connectivity index (χ3n) is 2.51. The van der Waals surface area contributed by atoms with Crippen LogP contribution >= 0.6 is 0 Å². The van der Waals surface area contributed by atoms with Crippen LogP contribution in [0.5, 0.6) is 0 Å². The second-order valence-electron chi connectivity index (χ2n) is 3.62. The third-order valence-corrected chi connectivity index (χ3v) is 2.51. The molecule has 0 amide bonds. The van der Waals surface area contributed by atoms with Gasteiger partial charge in [0.05, 0.1) is 27.7 Å². The van der Waals surface area contributed by atoms with E-state index >= 15 is 0 Å². The molecule has 8 nitrogen and oxygen atoms in total. The molecule has 0 aliphatic carbocycles. The SMILES string of the molecule is Cc1[nH]ncc1-c1ccc([N+](=O)[O-])cc1[N+](=O)[O-]. The number of nitro benzene ring substituents is 2. The van der Waals surface area contributed by atoms with Gasteiger partial charge in [-0.3, -0.25) is 25.3 Å². The first-order valence-corrected chi connectivity index (χ1v) is 4.94. The highest BCUT2D eigenvalue weighted by molar-refractivity contribution is 5.76. The predicted octanol–water partition coefficient (Wildman–Crippen LogP) is 2.20. The molecule has 2 rings (SSSR count). The molecule has 0 saturated heterocycles. The highest BCUT2D eigenvalue weighted by Crippen LogP contribution is 2.33. The minimum atomic E-state index is -0.668. The van der Waals surface area contributed by atoms with Gasteiger partial charge in [-0.2, -0.15) is 5.10 Å². The molecule has 92 valence electrons. The number of aromatic amines is 1. The number of nitrogens with zero attached hydrogens (tertiary/aromatic N) is 3. The monoisotopic (exact) mass is 248 g/mol. The molecule has 0 aliphatic heterocycles. The summed E-state index contributed by atoms with van der Waals surface area (Å²) in [5.74, 6) is 0. The number of rotatable bonds is 3. The summed E-state index contributed by atoms with van der Waals surface area (Å²) in [5, 5.41) is 28.0. The summed E-state index contributed by atoms with van der Waals surface area (Å²) < 4.78 is 0. The molecule has 8 heteroatoms. The lowest BCUT2D eigenvalue weighted by atomic mass is 10.0. The zero-order valence-corrected chi connectivity index (χ0v) is 9.28. The zero-order valence-electron chi connectivity index (χ0n) is 9.28. The van der Waals surface area contributed by atoms with Crippen LogP contribution in [0, 0.1) is 27.2 Å². The Labute approximate surface area is 101 Å². The van der Waals surface area contributed by atoms with Crippen LogP contribution in [0.25, 0.3) is 11.1 Å². The highest BCUT2D eigenvalue weighted by atomic mass is 16.6. The van der Waals surface area contributed by atoms with E-state index in [4.69, 9.17) is 0 Å². The predicted molar refractivity (Wildman–Crippen MR) is 62.1 cm³/mol. The molecule has 0 saturated carbocycles. The van der Waals surface area contributed by atoms with E-state index in [0.717, 1.165) is 6.07 Å². The lowest BCUT2D eigenvalue weighted by molar-refractivity contribution is -0.393. The molecule has 0 aliphatic rings. The maximum Gasteiger partial charge on any atom is 0.284 e. The van der Waals surface area contributed by atoms with Gasteiger partial charge in [0.2, 0.25) is 0 Å². The fraction of sp³-hybridized carbons (Fsp3) is 0.100. The Morgan fingerprint density at radius 2 is 1.89 bits per heavy atom. The standard InChI is InChI=1S/C10H8N4O4/c1-6-9(5-11-12-6)8-3-2-7(13(15)16)4-10(8)14(17)18/h2-5H,1H3,(H,11,12). The molecule has 0 unspecified atom stereocenters. The largest absolute Gasteiger partial charge is 0.284 e. The number of hydrogen-bond donors (Lipinski definition) is 1. The normalized spacial score (nSPS) is 10.3. The van der Waals surface area contributed by atoms with Crippen molar-refractivity contribution in [2.45, 2.75) is 6.92 Å². The van der Waals surface area contributed by atoms with Gasteiger partial charge in [0.25, 0.3) is 11.4 Å². The van der Waals surface area contributed by atoms with Crippen LogP contribution in [-0.4, -0.2) is 20.0 Å². The lowest BCUT2D eigenvalue weighted by Crippen LogP contribution is -1.95. The van der Waals surface area contributed by atoms with E-state index in [1.807, 2.05) is 0 Å². The van der Waals surface area contributed by atoms with E-state index < -0.39 is 9.85 Å². The Morgan fingerprint density at radius 3 is 2.39 bits per heavy atom. The molecular weight excluding hydrogens is 240 g/mol. The molecule has 0 spiro atoms. The van der Waals surface area contributed by atoms with Gasteiger partial charge < -0.3 is 0 Å². The summed E-state index contributed by atoms with van der Waals surface area (Å²) in [6.45, 7) is 1.72. The summed E-state index contributed by atoms with van der Waals surface area (Å²) in [6.07, 6.45) is 1.45. The summed E-state index contributed by atoms with van der Waals surface area (Å²) in [6, 6.07) is 3.53. The van der Waals surface area contributed by atoms with E-state index in [1.54, 1.807) is 6.92 Å². The number of hydrogen-bond acceptors (Lipinski definition) is 5. The topological polar surface area (TPSA) is 115 Å². The summed E-state index contributed by atoms with van der Waals surface area (Å²) in [7, 11) is 0. The summed E-state index contributed by atoms with van der Waals surface area (Å²) >= 11 is 0. The molecule has 18 heavy (non-hydrogen) atoms. The van der Waals surface area contributed by atoms with Crippen LogP contribution in [0.4, 0.5) is 11.4 Å². The number of nitrogens with one attached hydrogen (secondary N) is 1. The molecule has 0 fully saturated rings. The van der Waals surface area contributed by atoms with Crippen molar-refractivity contribution < 1.29 is 9.85 Å². The molecule has 2 aromatic rings. The van der Waals surface area contributed by atoms with Crippen molar-refractivity contribution in [2.24, 2.45) is 0 Å². The number of benzene rings is 1. The van der Waals surface area contributed by atoms with Crippen molar-refractivity contribution in [1.29, 1.82) is 0 Å². The molecule has 1 aromatic heterocycles. The third kappa shape index (κ3) is 1.90. The molecule has 1 N–H and O–H groups in total. The molecule has 0 radical (unpaired) electrons. The van der Waals surface area contributed by atoms with Crippen LogP contribution in [0.15, 0.2) is 24.4 Å². The fourth-order valence-corrected chi connectivity index (χ4v) is 1.63. The quantitative estimate of drug-likeness (QED) is 0.660. The Balaban J connectivity index is 2.65. The maximum atomic E-state index is 11.0. The highest BCUT2D eigenvalue weighted by Gasteiger charge is 2.21.